The van der Waals surface area contributed by atoms with Crippen LogP contribution in [0.5, 0.6) is 5.75 Å². The van der Waals surface area contributed by atoms with Gasteiger partial charge in [-0.3, -0.25) is 9.59 Å². The molecule has 0 fully saturated rings. The Hall–Kier alpha value is -2.69. The third kappa shape index (κ3) is 3.66. The Morgan fingerprint density at radius 2 is 1.95 bits per heavy atom. The maximum atomic E-state index is 12.3. The van der Waals surface area contributed by atoms with E-state index in [9.17, 15) is 9.59 Å². The van der Waals surface area contributed by atoms with E-state index < -0.39 is 11.9 Å². The van der Waals surface area contributed by atoms with Crippen molar-refractivity contribution in [3.8, 4) is 5.75 Å². The molecule has 2 rings (SSSR count). The minimum atomic E-state index is -0.490. The number of nitrogens with one attached hydrogen (secondary N) is 1. The molecule has 0 saturated carbocycles. The second-order valence-electron chi connectivity index (χ2n) is 4.72. The summed E-state index contributed by atoms with van der Waals surface area (Å²) in [4.78, 5) is 27.5. The van der Waals surface area contributed by atoms with Crippen molar-refractivity contribution in [1.29, 1.82) is 0 Å². The number of nitrogens with zero attached hydrogens (tertiary/aromatic N) is 1. The lowest BCUT2D eigenvalue weighted by atomic mass is 10.2. The van der Waals surface area contributed by atoms with Gasteiger partial charge in [0.15, 0.2) is 11.4 Å². The maximum absolute atomic E-state index is 12.3. The van der Waals surface area contributed by atoms with Gasteiger partial charge in [0.2, 0.25) is 0 Å². The number of pyridine rings is 1. The van der Waals surface area contributed by atoms with Crippen LogP contribution in [0.4, 0.5) is 5.69 Å². The standard InChI is InChI=1S/C16H16N2O3/c1-10-5-4-6-13(9-10)18-16(20)14-15(21-12(3)19)11(2)7-8-17-14/h4-9H,1-3H3,(H,18,20). The molecule has 0 radical (unpaired) electrons. The van der Waals surface area contributed by atoms with E-state index in [1.54, 1.807) is 19.1 Å². The third-order valence-corrected chi connectivity index (χ3v) is 2.84. The van der Waals surface area contributed by atoms with Gasteiger partial charge in [-0.05, 0) is 43.2 Å². The molecule has 0 aliphatic heterocycles. The van der Waals surface area contributed by atoms with Gasteiger partial charge in [0.1, 0.15) is 0 Å². The quantitative estimate of drug-likeness (QED) is 0.880. The summed E-state index contributed by atoms with van der Waals surface area (Å²) >= 11 is 0. The van der Waals surface area contributed by atoms with Crippen LogP contribution in [-0.4, -0.2) is 16.9 Å². The fraction of sp³-hybridized carbons (Fsp3) is 0.188. The van der Waals surface area contributed by atoms with Gasteiger partial charge >= 0.3 is 5.97 Å². The largest absolute Gasteiger partial charge is 0.424 e. The van der Waals surface area contributed by atoms with Crippen LogP contribution < -0.4 is 10.1 Å². The van der Waals surface area contributed by atoms with Crippen molar-refractivity contribution < 1.29 is 14.3 Å². The molecule has 1 N–H and O–H groups in total. The number of hydrogen-bond donors (Lipinski definition) is 1. The van der Waals surface area contributed by atoms with E-state index in [0.29, 0.717) is 11.3 Å². The molecule has 0 saturated heterocycles. The van der Waals surface area contributed by atoms with Crippen LogP contribution in [0.2, 0.25) is 0 Å². The van der Waals surface area contributed by atoms with E-state index in [1.165, 1.54) is 13.1 Å². The number of amides is 1. The number of aryl methyl sites for hydroxylation is 2. The highest BCUT2D eigenvalue weighted by atomic mass is 16.5. The van der Waals surface area contributed by atoms with Gasteiger partial charge in [0, 0.05) is 18.8 Å². The molecule has 1 heterocycles. The van der Waals surface area contributed by atoms with Gasteiger partial charge in [-0.15, -0.1) is 0 Å². The highest BCUT2D eigenvalue weighted by Crippen LogP contribution is 2.22. The van der Waals surface area contributed by atoms with E-state index in [-0.39, 0.29) is 11.4 Å². The fourth-order valence-electron chi connectivity index (χ4n) is 1.89. The molecule has 5 heteroatoms. The number of hydrogen-bond acceptors (Lipinski definition) is 4. The molecule has 1 amide bonds. The number of aromatic nitrogens is 1. The van der Waals surface area contributed by atoms with Gasteiger partial charge in [-0.1, -0.05) is 12.1 Å². The minimum Gasteiger partial charge on any atom is -0.424 e. The highest BCUT2D eigenvalue weighted by molar-refractivity contribution is 6.05. The number of ether oxygens (including phenoxy) is 1. The summed E-state index contributed by atoms with van der Waals surface area (Å²) in [6.07, 6.45) is 1.51. The van der Waals surface area contributed by atoms with Gasteiger partial charge in [-0.2, -0.15) is 0 Å². The number of carbonyl (C=O) groups is 2. The molecule has 2 aromatic rings. The Morgan fingerprint density at radius 3 is 2.62 bits per heavy atom. The smallest absolute Gasteiger partial charge is 0.308 e. The first kappa shape index (κ1) is 14.7. The zero-order valence-corrected chi connectivity index (χ0v) is 12.1. The van der Waals surface area contributed by atoms with E-state index >= 15 is 0 Å². The van der Waals surface area contributed by atoms with Crippen LogP contribution in [0, 0.1) is 13.8 Å². The van der Waals surface area contributed by atoms with Crippen LogP contribution in [0.25, 0.3) is 0 Å². The van der Waals surface area contributed by atoms with Crippen molar-refractivity contribution in [2.24, 2.45) is 0 Å². The molecule has 0 spiro atoms. The highest BCUT2D eigenvalue weighted by Gasteiger charge is 2.18. The molecule has 0 atom stereocenters. The molecule has 108 valence electrons. The maximum Gasteiger partial charge on any atom is 0.308 e. The molecule has 21 heavy (non-hydrogen) atoms. The SMILES string of the molecule is CC(=O)Oc1c(C)ccnc1C(=O)Nc1cccc(C)c1. The molecule has 1 aromatic carbocycles. The second kappa shape index (κ2) is 6.17. The number of carbonyl (C=O) groups excluding carboxylic acids is 2. The van der Waals surface area contributed by atoms with Crippen LogP contribution in [0.3, 0.4) is 0 Å². The summed E-state index contributed by atoms with van der Waals surface area (Å²) in [5.41, 5.74) is 2.46. The van der Waals surface area contributed by atoms with Gasteiger partial charge in [0.05, 0.1) is 0 Å². The topological polar surface area (TPSA) is 68.3 Å². The van der Waals surface area contributed by atoms with E-state index in [4.69, 9.17) is 4.74 Å². The van der Waals surface area contributed by atoms with Crippen LogP contribution >= 0.6 is 0 Å². The van der Waals surface area contributed by atoms with Crippen LogP contribution in [-0.2, 0) is 4.79 Å². The molecule has 1 aromatic heterocycles. The molecular formula is C16H16N2O3. The summed E-state index contributed by atoms with van der Waals surface area (Å²) in [5.74, 6) is -0.716. The monoisotopic (exact) mass is 284 g/mol. The van der Waals surface area contributed by atoms with Crippen molar-refractivity contribution >= 4 is 17.6 Å². The second-order valence-corrected chi connectivity index (χ2v) is 4.72. The van der Waals surface area contributed by atoms with Gasteiger partial charge < -0.3 is 10.1 Å². The summed E-state index contributed by atoms with van der Waals surface area (Å²) < 4.78 is 5.10. The van der Waals surface area contributed by atoms with Gasteiger partial charge in [0.25, 0.3) is 5.91 Å². The summed E-state index contributed by atoms with van der Waals surface area (Å²) in [7, 11) is 0. The van der Waals surface area contributed by atoms with Crippen molar-refractivity contribution in [1.82, 2.24) is 4.98 Å². The van der Waals surface area contributed by atoms with Crippen molar-refractivity contribution in [2.75, 3.05) is 5.32 Å². The van der Waals surface area contributed by atoms with Gasteiger partial charge in [-0.25, -0.2) is 4.98 Å². The predicted octanol–water partition coefficient (Wildman–Crippen LogP) is 2.88. The normalized spacial score (nSPS) is 10.0. The Labute approximate surface area is 123 Å². The lowest BCUT2D eigenvalue weighted by molar-refractivity contribution is -0.131. The molecule has 0 aliphatic carbocycles. The number of anilines is 1. The molecule has 5 nitrogen and oxygen atoms in total. The van der Waals surface area contributed by atoms with E-state index in [0.717, 1.165) is 5.56 Å². The summed E-state index contributed by atoms with van der Waals surface area (Å²) in [5, 5.41) is 2.75. The molecule has 0 bridgehead atoms. The number of esters is 1. The zero-order chi connectivity index (χ0) is 15.4. The third-order valence-electron chi connectivity index (χ3n) is 2.84. The first-order valence-corrected chi connectivity index (χ1v) is 6.49. The zero-order valence-electron chi connectivity index (χ0n) is 12.1. The van der Waals surface area contributed by atoms with Crippen molar-refractivity contribution in [3.05, 3.63) is 53.3 Å². The number of rotatable bonds is 3. The number of benzene rings is 1. The van der Waals surface area contributed by atoms with E-state index in [2.05, 4.69) is 10.3 Å². The molecule has 0 aliphatic rings. The van der Waals surface area contributed by atoms with Crippen LogP contribution in [0.1, 0.15) is 28.5 Å². The fourth-order valence-corrected chi connectivity index (χ4v) is 1.89. The Kier molecular flexibility index (Phi) is 4.33. The molecular weight excluding hydrogens is 268 g/mol. The van der Waals surface area contributed by atoms with Crippen molar-refractivity contribution in [2.45, 2.75) is 20.8 Å². The average Bonchev–Trinajstić information content (AvgIpc) is 2.40. The Bertz CT molecular complexity index is 696. The summed E-state index contributed by atoms with van der Waals surface area (Å²) in [6, 6.07) is 9.10. The Morgan fingerprint density at radius 1 is 1.19 bits per heavy atom. The first-order chi connectivity index (χ1) is 9.97. The summed E-state index contributed by atoms with van der Waals surface area (Å²) in [6.45, 7) is 4.98. The Balaban J connectivity index is 2.31. The average molecular weight is 284 g/mol. The molecule has 0 unspecified atom stereocenters. The lowest BCUT2D eigenvalue weighted by Gasteiger charge is -2.11. The predicted molar refractivity (Wildman–Crippen MR) is 79.4 cm³/mol. The van der Waals surface area contributed by atoms with Crippen LogP contribution in [0.15, 0.2) is 36.5 Å². The minimum absolute atomic E-state index is 0.0895. The lowest BCUT2D eigenvalue weighted by Crippen LogP contribution is -2.17. The van der Waals surface area contributed by atoms with Crippen molar-refractivity contribution in [3.63, 3.8) is 0 Å². The van der Waals surface area contributed by atoms with E-state index in [1.807, 2.05) is 25.1 Å². The first-order valence-electron chi connectivity index (χ1n) is 6.49.